The molecule has 0 radical (unpaired) electrons. The Bertz CT molecular complexity index is 466. The Morgan fingerprint density at radius 1 is 1.61 bits per heavy atom. The van der Waals surface area contributed by atoms with Crippen LogP contribution in [0.4, 0.5) is 0 Å². The molecular weight excluding hydrogens is 250 g/mol. The molecule has 1 aromatic heterocycles. The van der Waals surface area contributed by atoms with E-state index in [1.807, 2.05) is 6.07 Å². The molecule has 0 bridgehead atoms. The number of rotatable bonds is 3. The van der Waals surface area contributed by atoms with Crippen LogP contribution in [-0.2, 0) is 4.74 Å². The smallest absolute Gasteiger partial charge is 0.261 e. The predicted octanol–water partition coefficient (Wildman–Crippen LogP) is 1.00. The van der Waals surface area contributed by atoms with Crippen molar-refractivity contribution in [1.82, 2.24) is 5.32 Å². The Kier molecular flexibility index (Phi) is 4.76. The lowest BCUT2D eigenvalue weighted by Crippen LogP contribution is -2.34. The van der Waals surface area contributed by atoms with E-state index in [9.17, 15) is 4.79 Å². The van der Waals surface area contributed by atoms with Crippen molar-refractivity contribution >= 4 is 17.2 Å². The van der Waals surface area contributed by atoms with Gasteiger partial charge in [-0.3, -0.25) is 4.79 Å². The van der Waals surface area contributed by atoms with Gasteiger partial charge in [0.2, 0.25) is 0 Å². The summed E-state index contributed by atoms with van der Waals surface area (Å²) in [7, 11) is 0. The molecule has 0 aliphatic carbocycles. The molecule has 1 saturated heterocycles. The van der Waals surface area contributed by atoms with Gasteiger partial charge in [0.15, 0.2) is 0 Å². The van der Waals surface area contributed by atoms with E-state index in [1.165, 1.54) is 11.3 Å². The number of aliphatic hydroxyl groups excluding tert-OH is 1. The zero-order chi connectivity index (χ0) is 12.8. The molecule has 1 unspecified atom stereocenters. The number of amides is 1. The molecule has 0 saturated carbocycles. The van der Waals surface area contributed by atoms with Gasteiger partial charge in [-0.1, -0.05) is 11.8 Å². The van der Waals surface area contributed by atoms with Crippen molar-refractivity contribution in [2.75, 3.05) is 19.8 Å². The van der Waals surface area contributed by atoms with E-state index in [0.29, 0.717) is 24.5 Å². The Morgan fingerprint density at radius 2 is 2.50 bits per heavy atom. The number of ether oxygens (including phenoxy) is 1. The van der Waals surface area contributed by atoms with E-state index in [1.54, 1.807) is 6.07 Å². The van der Waals surface area contributed by atoms with Crippen molar-refractivity contribution < 1.29 is 14.6 Å². The number of hydrogen-bond acceptors (Lipinski definition) is 4. The largest absolute Gasteiger partial charge is 0.395 e. The topological polar surface area (TPSA) is 58.6 Å². The maximum atomic E-state index is 11.9. The molecule has 2 N–H and O–H groups in total. The summed E-state index contributed by atoms with van der Waals surface area (Å²) >= 11 is 1.37. The van der Waals surface area contributed by atoms with Crippen molar-refractivity contribution in [2.24, 2.45) is 0 Å². The molecule has 2 rings (SSSR count). The van der Waals surface area contributed by atoms with E-state index in [2.05, 4.69) is 17.2 Å². The van der Waals surface area contributed by atoms with Gasteiger partial charge in [-0.15, -0.1) is 11.3 Å². The monoisotopic (exact) mass is 265 g/mol. The van der Waals surface area contributed by atoms with E-state index in [-0.39, 0.29) is 18.6 Å². The van der Waals surface area contributed by atoms with Crippen LogP contribution in [0.2, 0.25) is 0 Å². The second-order valence-electron chi connectivity index (χ2n) is 3.97. The zero-order valence-corrected chi connectivity index (χ0v) is 10.8. The van der Waals surface area contributed by atoms with Gasteiger partial charge in [0.25, 0.3) is 5.91 Å². The van der Waals surface area contributed by atoms with Gasteiger partial charge in [0, 0.05) is 13.0 Å². The van der Waals surface area contributed by atoms with Crippen LogP contribution >= 0.6 is 11.3 Å². The van der Waals surface area contributed by atoms with Gasteiger partial charge in [0.05, 0.1) is 29.0 Å². The molecule has 1 aliphatic rings. The van der Waals surface area contributed by atoms with Gasteiger partial charge in [0.1, 0.15) is 0 Å². The average molecular weight is 265 g/mol. The standard InChI is InChI=1S/C13H15NO3S/c15-7-2-1-3-11-4-5-12(18-11)13(16)14-10-6-8-17-9-10/h4-5,10,15H,2,6-9H2,(H,14,16). The van der Waals surface area contributed by atoms with E-state index in [0.717, 1.165) is 11.3 Å². The van der Waals surface area contributed by atoms with Crippen LogP contribution in [0.25, 0.3) is 0 Å². The first-order valence-corrected chi connectivity index (χ1v) is 6.69. The Balaban J connectivity index is 1.92. The van der Waals surface area contributed by atoms with E-state index in [4.69, 9.17) is 9.84 Å². The third-order valence-electron chi connectivity index (χ3n) is 2.54. The number of aliphatic hydroxyl groups is 1. The van der Waals surface area contributed by atoms with Gasteiger partial charge in [-0.2, -0.15) is 0 Å². The van der Waals surface area contributed by atoms with Crippen LogP contribution in [0.3, 0.4) is 0 Å². The fraction of sp³-hybridized carbons (Fsp3) is 0.462. The van der Waals surface area contributed by atoms with Gasteiger partial charge in [-0.25, -0.2) is 0 Å². The van der Waals surface area contributed by atoms with Crippen molar-refractivity contribution in [1.29, 1.82) is 0 Å². The van der Waals surface area contributed by atoms with Crippen LogP contribution < -0.4 is 5.32 Å². The highest BCUT2D eigenvalue weighted by Gasteiger charge is 2.19. The van der Waals surface area contributed by atoms with Crippen LogP contribution in [0, 0.1) is 11.8 Å². The fourth-order valence-corrected chi connectivity index (χ4v) is 2.42. The second kappa shape index (κ2) is 6.55. The molecule has 1 aromatic rings. The van der Waals surface area contributed by atoms with Crippen LogP contribution in [0.15, 0.2) is 12.1 Å². The number of carbonyl (C=O) groups excluding carboxylic acids is 1. The summed E-state index contributed by atoms with van der Waals surface area (Å²) in [6.45, 7) is 1.38. The van der Waals surface area contributed by atoms with Crippen molar-refractivity contribution in [2.45, 2.75) is 18.9 Å². The molecule has 1 amide bonds. The van der Waals surface area contributed by atoms with Gasteiger partial charge >= 0.3 is 0 Å². The third kappa shape index (κ3) is 3.57. The van der Waals surface area contributed by atoms with Crippen molar-refractivity contribution in [3.05, 3.63) is 21.9 Å². The number of nitrogens with one attached hydrogen (secondary N) is 1. The van der Waals surface area contributed by atoms with Crippen LogP contribution in [0.1, 0.15) is 27.4 Å². The summed E-state index contributed by atoms with van der Waals surface area (Å²) in [5.41, 5.74) is 0. The maximum Gasteiger partial charge on any atom is 0.261 e. The van der Waals surface area contributed by atoms with Gasteiger partial charge in [-0.05, 0) is 18.6 Å². The van der Waals surface area contributed by atoms with Crippen molar-refractivity contribution in [3.63, 3.8) is 0 Å². The van der Waals surface area contributed by atoms with Crippen LogP contribution in [0.5, 0.6) is 0 Å². The fourth-order valence-electron chi connectivity index (χ4n) is 1.64. The molecule has 4 nitrogen and oxygen atoms in total. The lowest BCUT2D eigenvalue weighted by molar-refractivity contribution is 0.0934. The van der Waals surface area contributed by atoms with Gasteiger partial charge < -0.3 is 15.2 Å². The Morgan fingerprint density at radius 3 is 3.22 bits per heavy atom. The van der Waals surface area contributed by atoms with E-state index < -0.39 is 0 Å². The quantitative estimate of drug-likeness (QED) is 0.802. The number of carbonyl (C=O) groups is 1. The maximum absolute atomic E-state index is 11.9. The summed E-state index contributed by atoms with van der Waals surface area (Å²) < 4.78 is 5.21. The lowest BCUT2D eigenvalue weighted by atomic mass is 10.2. The molecule has 5 heteroatoms. The number of thiophene rings is 1. The highest BCUT2D eigenvalue weighted by Crippen LogP contribution is 2.16. The first-order chi connectivity index (χ1) is 8.79. The molecule has 1 fully saturated rings. The summed E-state index contributed by atoms with van der Waals surface area (Å²) in [6, 6.07) is 3.73. The van der Waals surface area contributed by atoms with Crippen LogP contribution in [-0.4, -0.2) is 36.9 Å². The Labute approximate surface area is 110 Å². The molecule has 0 aromatic carbocycles. The first kappa shape index (κ1) is 13.1. The first-order valence-electron chi connectivity index (χ1n) is 5.88. The summed E-state index contributed by atoms with van der Waals surface area (Å²) in [4.78, 5) is 13.4. The third-order valence-corrected chi connectivity index (χ3v) is 3.54. The SMILES string of the molecule is O=C(NC1CCOC1)c1ccc(C#CCCO)s1. The minimum Gasteiger partial charge on any atom is -0.395 e. The van der Waals surface area contributed by atoms with Crippen molar-refractivity contribution in [3.8, 4) is 11.8 Å². The summed E-state index contributed by atoms with van der Waals surface area (Å²) in [5.74, 6) is 5.69. The Hall–Kier alpha value is -1.35. The number of hydrogen-bond donors (Lipinski definition) is 2. The minimum absolute atomic E-state index is 0.0629. The molecule has 96 valence electrons. The zero-order valence-electron chi connectivity index (χ0n) is 9.94. The minimum atomic E-state index is -0.0642. The highest BCUT2D eigenvalue weighted by molar-refractivity contribution is 7.14. The normalized spacial score (nSPS) is 18.2. The summed E-state index contributed by atoms with van der Waals surface area (Å²) in [6.07, 6.45) is 1.33. The second-order valence-corrected chi connectivity index (χ2v) is 5.06. The molecule has 18 heavy (non-hydrogen) atoms. The van der Waals surface area contributed by atoms with E-state index >= 15 is 0 Å². The molecule has 0 spiro atoms. The lowest BCUT2D eigenvalue weighted by Gasteiger charge is -2.08. The summed E-state index contributed by atoms with van der Waals surface area (Å²) in [5, 5.41) is 11.6. The molecular formula is C13H15NO3S. The highest BCUT2D eigenvalue weighted by atomic mass is 32.1. The molecule has 1 aliphatic heterocycles. The molecule has 1 atom stereocenters. The predicted molar refractivity (Wildman–Crippen MR) is 69.6 cm³/mol. The molecule has 2 heterocycles. The average Bonchev–Trinajstić information content (AvgIpc) is 3.00.